The molecule has 7 nitrogen and oxygen atoms in total. The molecule has 0 unspecified atom stereocenters. The highest BCUT2D eigenvalue weighted by molar-refractivity contribution is 6.07. The Hall–Kier alpha value is -3.09. The number of benzene rings is 1. The Morgan fingerprint density at radius 3 is 2.66 bits per heavy atom. The fraction of sp³-hybridized carbons (Fsp3) is 0.409. The van der Waals surface area contributed by atoms with Crippen molar-refractivity contribution < 1.29 is 14.3 Å². The van der Waals surface area contributed by atoms with Crippen molar-refractivity contribution in [3.05, 3.63) is 53.7 Å². The van der Waals surface area contributed by atoms with Gasteiger partial charge in [0.25, 0.3) is 5.91 Å². The van der Waals surface area contributed by atoms with Gasteiger partial charge in [-0.3, -0.25) is 4.79 Å². The van der Waals surface area contributed by atoms with E-state index >= 15 is 0 Å². The molecule has 1 saturated heterocycles. The van der Waals surface area contributed by atoms with E-state index in [4.69, 9.17) is 4.74 Å². The van der Waals surface area contributed by atoms with Crippen LogP contribution in [0.5, 0.6) is 0 Å². The number of nitrogens with one attached hydrogen (secondary N) is 1. The van der Waals surface area contributed by atoms with Crippen LogP contribution in [0.4, 0.5) is 16.3 Å². The van der Waals surface area contributed by atoms with Gasteiger partial charge in [-0.2, -0.15) is 0 Å². The Bertz CT molecular complexity index is 876. The van der Waals surface area contributed by atoms with Crippen molar-refractivity contribution in [1.82, 2.24) is 9.88 Å². The molecular formula is C22H26N4O3. The molecule has 1 fully saturated rings. The van der Waals surface area contributed by atoms with E-state index in [0.717, 1.165) is 30.8 Å². The van der Waals surface area contributed by atoms with Gasteiger partial charge in [-0.1, -0.05) is 18.2 Å². The summed E-state index contributed by atoms with van der Waals surface area (Å²) in [4.78, 5) is 32.7. The van der Waals surface area contributed by atoms with Crippen molar-refractivity contribution >= 4 is 23.5 Å². The van der Waals surface area contributed by atoms with E-state index in [1.807, 2.05) is 42.2 Å². The first kappa shape index (κ1) is 19.2. The zero-order valence-corrected chi connectivity index (χ0v) is 16.6. The van der Waals surface area contributed by atoms with Gasteiger partial charge in [0.05, 0.1) is 12.2 Å². The summed E-state index contributed by atoms with van der Waals surface area (Å²) in [7, 11) is 0. The highest BCUT2D eigenvalue weighted by atomic mass is 16.6. The van der Waals surface area contributed by atoms with Gasteiger partial charge in [0, 0.05) is 37.6 Å². The summed E-state index contributed by atoms with van der Waals surface area (Å²) in [5.74, 6) is 0.731. The number of rotatable bonds is 4. The molecule has 0 bridgehead atoms. The quantitative estimate of drug-likeness (QED) is 0.861. The molecule has 2 amide bonds. The molecule has 0 atom stereocenters. The third-order valence-electron chi connectivity index (χ3n) is 5.52. The average Bonchev–Trinajstić information content (AvgIpc) is 3.19. The second-order valence-electron chi connectivity index (χ2n) is 7.37. The highest BCUT2D eigenvalue weighted by Crippen LogP contribution is 2.29. The van der Waals surface area contributed by atoms with Crippen molar-refractivity contribution in [3.8, 4) is 0 Å². The van der Waals surface area contributed by atoms with Crippen LogP contribution < -0.4 is 10.2 Å². The van der Waals surface area contributed by atoms with E-state index in [1.165, 1.54) is 5.56 Å². The smallest absolute Gasteiger partial charge is 0.409 e. The zero-order valence-electron chi connectivity index (χ0n) is 16.6. The monoisotopic (exact) mass is 394 g/mol. The molecule has 3 heterocycles. The number of hydrogen-bond acceptors (Lipinski definition) is 5. The number of carbonyl (C=O) groups excluding carboxylic acids is 2. The number of aromatic nitrogens is 1. The molecule has 2 aliphatic heterocycles. The second-order valence-corrected chi connectivity index (χ2v) is 7.37. The summed E-state index contributed by atoms with van der Waals surface area (Å²) < 4.78 is 5.05. The predicted octanol–water partition coefficient (Wildman–Crippen LogP) is 3.32. The Morgan fingerprint density at radius 1 is 1.14 bits per heavy atom. The molecular weight excluding hydrogens is 368 g/mol. The maximum atomic E-state index is 12.9. The molecule has 0 aliphatic carbocycles. The molecule has 1 aromatic carbocycles. The standard InChI is InChI=1S/C22H26N4O3/c1-2-29-22(28)25-12-10-18(11-13-25)24-20-8-7-17(15-23-20)21(27)26-14-9-16-5-3-4-6-19(16)26/h3-8,15,18H,2,9-14H2,1H3,(H,23,24). The molecule has 2 aliphatic rings. The van der Waals surface area contributed by atoms with Gasteiger partial charge < -0.3 is 19.9 Å². The van der Waals surface area contributed by atoms with E-state index < -0.39 is 0 Å². The SMILES string of the molecule is CCOC(=O)N1CCC(Nc2ccc(C(=O)N3CCc4ccccc43)cn2)CC1. The lowest BCUT2D eigenvalue weighted by molar-refractivity contribution is 0.0978. The van der Waals surface area contributed by atoms with Crippen molar-refractivity contribution in [2.45, 2.75) is 32.2 Å². The number of nitrogens with zero attached hydrogens (tertiary/aromatic N) is 3. The number of para-hydroxylation sites is 1. The molecule has 29 heavy (non-hydrogen) atoms. The van der Waals surface area contributed by atoms with Crippen LogP contribution in [0.3, 0.4) is 0 Å². The van der Waals surface area contributed by atoms with Gasteiger partial charge >= 0.3 is 6.09 Å². The Balaban J connectivity index is 1.33. The zero-order chi connectivity index (χ0) is 20.2. The molecule has 152 valence electrons. The first-order valence-corrected chi connectivity index (χ1v) is 10.2. The van der Waals surface area contributed by atoms with Crippen molar-refractivity contribution in [3.63, 3.8) is 0 Å². The van der Waals surface area contributed by atoms with Gasteiger partial charge in [0.15, 0.2) is 0 Å². The highest BCUT2D eigenvalue weighted by Gasteiger charge is 2.26. The molecule has 1 N–H and O–H groups in total. The second kappa shape index (κ2) is 8.51. The Morgan fingerprint density at radius 2 is 1.93 bits per heavy atom. The van der Waals surface area contributed by atoms with E-state index in [-0.39, 0.29) is 18.0 Å². The fourth-order valence-corrected chi connectivity index (χ4v) is 3.94. The van der Waals surface area contributed by atoms with Crippen LogP contribution in [-0.4, -0.2) is 54.2 Å². The van der Waals surface area contributed by atoms with E-state index in [9.17, 15) is 9.59 Å². The van der Waals surface area contributed by atoms with Crippen molar-refractivity contribution in [1.29, 1.82) is 0 Å². The van der Waals surface area contributed by atoms with Gasteiger partial charge in [0.1, 0.15) is 5.82 Å². The van der Waals surface area contributed by atoms with Gasteiger partial charge in [-0.25, -0.2) is 9.78 Å². The third kappa shape index (κ3) is 4.18. The minimum atomic E-state index is -0.240. The lowest BCUT2D eigenvalue weighted by Crippen LogP contribution is -2.42. The summed E-state index contributed by atoms with van der Waals surface area (Å²) in [6.07, 6.45) is 3.96. The number of ether oxygens (including phenoxy) is 1. The lowest BCUT2D eigenvalue weighted by atomic mass is 10.1. The number of fused-ring (bicyclic) bond motifs is 1. The third-order valence-corrected chi connectivity index (χ3v) is 5.52. The van der Waals surface area contributed by atoms with Crippen LogP contribution in [0.1, 0.15) is 35.7 Å². The largest absolute Gasteiger partial charge is 0.450 e. The summed E-state index contributed by atoms with van der Waals surface area (Å²) in [6, 6.07) is 12.0. The van der Waals surface area contributed by atoms with Crippen LogP contribution in [0.2, 0.25) is 0 Å². The molecule has 0 spiro atoms. The van der Waals surface area contributed by atoms with Crippen LogP contribution in [-0.2, 0) is 11.2 Å². The number of pyridine rings is 1. The molecule has 0 radical (unpaired) electrons. The molecule has 2 aromatic rings. The summed E-state index contributed by atoms with van der Waals surface area (Å²) in [5, 5.41) is 3.41. The first-order valence-electron chi connectivity index (χ1n) is 10.2. The topological polar surface area (TPSA) is 74.8 Å². The predicted molar refractivity (Wildman–Crippen MR) is 111 cm³/mol. The number of anilines is 2. The van der Waals surface area contributed by atoms with Crippen LogP contribution >= 0.6 is 0 Å². The Kier molecular flexibility index (Phi) is 5.64. The average molecular weight is 394 g/mol. The Labute approximate surface area is 170 Å². The number of amides is 2. The lowest BCUT2D eigenvalue weighted by Gasteiger charge is -2.31. The summed E-state index contributed by atoms with van der Waals surface area (Å²) >= 11 is 0. The van der Waals surface area contributed by atoms with Crippen molar-refractivity contribution in [2.24, 2.45) is 0 Å². The number of carbonyl (C=O) groups is 2. The summed E-state index contributed by atoms with van der Waals surface area (Å²) in [6.45, 7) is 4.25. The van der Waals surface area contributed by atoms with Gasteiger partial charge in [-0.15, -0.1) is 0 Å². The maximum Gasteiger partial charge on any atom is 0.409 e. The van der Waals surface area contributed by atoms with Crippen LogP contribution in [0.15, 0.2) is 42.6 Å². The first-order chi connectivity index (χ1) is 14.2. The molecule has 0 saturated carbocycles. The summed E-state index contributed by atoms with van der Waals surface area (Å²) in [5.41, 5.74) is 2.79. The van der Waals surface area contributed by atoms with Crippen LogP contribution in [0.25, 0.3) is 0 Å². The molecule has 4 rings (SSSR count). The van der Waals surface area contributed by atoms with E-state index in [2.05, 4.69) is 16.4 Å². The molecule has 7 heteroatoms. The van der Waals surface area contributed by atoms with Gasteiger partial charge in [-0.05, 0) is 49.9 Å². The number of hydrogen-bond donors (Lipinski definition) is 1. The number of piperidine rings is 1. The number of likely N-dealkylation sites (tertiary alicyclic amines) is 1. The van der Waals surface area contributed by atoms with Crippen molar-refractivity contribution in [2.75, 3.05) is 36.5 Å². The van der Waals surface area contributed by atoms with E-state index in [0.29, 0.717) is 31.8 Å². The minimum Gasteiger partial charge on any atom is -0.450 e. The fourth-order valence-electron chi connectivity index (χ4n) is 3.94. The van der Waals surface area contributed by atoms with Gasteiger partial charge in [0.2, 0.25) is 0 Å². The maximum absolute atomic E-state index is 12.9. The van der Waals surface area contributed by atoms with E-state index in [1.54, 1.807) is 11.1 Å². The normalized spacial score (nSPS) is 16.4. The minimum absolute atomic E-state index is 0.0169. The molecule has 1 aromatic heterocycles. The van der Waals surface area contributed by atoms with Crippen LogP contribution in [0, 0.1) is 0 Å².